The van der Waals surface area contributed by atoms with E-state index in [9.17, 15) is 13.2 Å². The first-order valence-corrected chi connectivity index (χ1v) is 8.75. The lowest BCUT2D eigenvalue weighted by Crippen LogP contribution is -2.43. The van der Waals surface area contributed by atoms with E-state index in [1.54, 1.807) is 0 Å². The number of para-hydroxylation sites is 1. The first-order valence-electron chi connectivity index (χ1n) is 7.04. The number of nitrogens with one attached hydrogen (secondary N) is 3. The molecule has 3 N–H and O–H groups in total. The summed E-state index contributed by atoms with van der Waals surface area (Å²) in [6, 6.07) is 7.19. The maximum absolute atomic E-state index is 11.7. The quantitative estimate of drug-likeness (QED) is 0.794. The van der Waals surface area contributed by atoms with E-state index in [1.165, 1.54) is 6.08 Å². The number of amides is 2. The number of benzene rings is 1. The molecular weight excluding hydrogens is 302 g/mol. The van der Waals surface area contributed by atoms with Gasteiger partial charge in [-0.05, 0) is 24.1 Å². The van der Waals surface area contributed by atoms with Gasteiger partial charge in [-0.2, -0.15) is 0 Å². The Labute approximate surface area is 128 Å². The summed E-state index contributed by atoms with van der Waals surface area (Å²) in [6.45, 7) is 0.483. The average molecular weight is 319 g/mol. The Morgan fingerprint density at radius 2 is 2.14 bits per heavy atom. The fourth-order valence-corrected chi connectivity index (χ4v) is 3.77. The van der Waals surface area contributed by atoms with Crippen molar-refractivity contribution in [3.63, 3.8) is 0 Å². The third-order valence-electron chi connectivity index (χ3n) is 3.60. The fraction of sp³-hybridized carbons (Fsp3) is 0.267. The molecule has 2 heterocycles. The SMILES string of the molecule is O=C(NCCc1c[nH]c2ccccc12)N[C@@H]1C=CS(=O)(=O)C1. The summed E-state index contributed by atoms with van der Waals surface area (Å²) in [5.74, 6) is -0.0666. The highest BCUT2D eigenvalue weighted by Crippen LogP contribution is 2.17. The van der Waals surface area contributed by atoms with E-state index in [1.807, 2.05) is 30.5 Å². The Morgan fingerprint density at radius 3 is 2.91 bits per heavy atom. The highest BCUT2D eigenvalue weighted by Gasteiger charge is 2.22. The van der Waals surface area contributed by atoms with Crippen molar-refractivity contribution in [3.05, 3.63) is 47.5 Å². The molecule has 0 spiro atoms. The summed E-state index contributed by atoms with van der Waals surface area (Å²) in [7, 11) is -3.15. The van der Waals surface area contributed by atoms with Crippen LogP contribution >= 0.6 is 0 Å². The van der Waals surface area contributed by atoms with Crippen molar-refractivity contribution in [1.29, 1.82) is 0 Å². The van der Waals surface area contributed by atoms with Crippen molar-refractivity contribution in [2.24, 2.45) is 0 Å². The molecule has 7 heteroatoms. The van der Waals surface area contributed by atoms with E-state index in [2.05, 4.69) is 15.6 Å². The monoisotopic (exact) mass is 319 g/mol. The highest BCUT2D eigenvalue weighted by molar-refractivity contribution is 7.94. The van der Waals surface area contributed by atoms with Gasteiger partial charge in [0.1, 0.15) is 0 Å². The van der Waals surface area contributed by atoms with Gasteiger partial charge in [0.25, 0.3) is 0 Å². The van der Waals surface area contributed by atoms with Gasteiger partial charge in [0.15, 0.2) is 9.84 Å². The molecule has 0 saturated heterocycles. The second-order valence-electron chi connectivity index (χ2n) is 5.27. The van der Waals surface area contributed by atoms with Crippen LogP contribution in [-0.4, -0.2) is 37.8 Å². The summed E-state index contributed by atoms with van der Waals surface area (Å²) >= 11 is 0. The number of rotatable bonds is 4. The number of aromatic amines is 1. The summed E-state index contributed by atoms with van der Waals surface area (Å²) in [5.41, 5.74) is 2.21. The number of sulfone groups is 1. The Morgan fingerprint density at radius 1 is 1.32 bits per heavy atom. The van der Waals surface area contributed by atoms with Crippen LogP contribution in [0.4, 0.5) is 4.79 Å². The molecule has 22 heavy (non-hydrogen) atoms. The molecule has 0 saturated carbocycles. The minimum atomic E-state index is -3.15. The summed E-state index contributed by atoms with van der Waals surface area (Å²) in [4.78, 5) is 14.9. The van der Waals surface area contributed by atoms with E-state index in [4.69, 9.17) is 0 Å². The molecule has 6 nitrogen and oxygen atoms in total. The van der Waals surface area contributed by atoms with Gasteiger partial charge >= 0.3 is 6.03 Å². The smallest absolute Gasteiger partial charge is 0.315 e. The van der Waals surface area contributed by atoms with Crippen molar-refractivity contribution in [1.82, 2.24) is 15.6 Å². The van der Waals surface area contributed by atoms with Gasteiger partial charge < -0.3 is 15.6 Å². The molecule has 2 aromatic rings. The Bertz CT molecular complexity index is 823. The molecule has 116 valence electrons. The van der Waals surface area contributed by atoms with E-state index >= 15 is 0 Å². The number of carbonyl (C=O) groups excluding carboxylic acids is 1. The first kappa shape index (κ1) is 14.6. The molecule has 1 aliphatic heterocycles. The normalized spacial score (nSPS) is 19.4. The third kappa shape index (κ3) is 3.30. The molecule has 0 fully saturated rings. The predicted octanol–water partition coefficient (Wildman–Crippen LogP) is 1.32. The standard InChI is InChI=1S/C15H17N3O3S/c19-15(18-12-6-8-22(20,21)10-12)16-7-5-11-9-17-14-4-2-1-3-13(11)14/h1-4,6,8-9,12,17H,5,7,10H2,(H2,16,18,19)/t12-/m1/s1. The Kier molecular flexibility index (Phi) is 3.89. The molecule has 1 aromatic heterocycles. The number of carbonyl (C=O) groups is 1. The van der Waals surface area contributed by atoms with Crippen LogP contribution in [0.1, 0.15) is 5.56 Å². The van der Waals surface area contributed by atoms with Crippen molar-refractivity contribution < 1.29 is 13.2 Å². The lowest BCUT2D eigenvalue weighted by atomic mass is 10.1. The van der Waals surface area contributed by atoms with Crippen LogP contribution in [0.3, 0.4) is 0 Å². The fourth-order valence-electron chi connectivity index (χ4n) is 2.53. The zero-order valence-electron chi connectivity index (χ0n) is 11.9. The number of aromatic nitrogens is 1. The third-order valence-corrected chi connectivity index (χ3v) is 5.00. The van der Waals surface area contributed by atoms with Crippen LogP contribution in [0.2, 0.25) is 0 Å². The Balaban J connectivity index is 1.49. The molecule has 0 aliphatic carbocycles. The first-order chi connectivity index (χ1) is 10.5. The van der Waals surface area contributed by atoms with Crippen LogP contribution in [-0.2, 0) is 16.3 Å². The zero-order valence-corrected chi connectivity index (χ0v) is 12.7. The minimum Gasteiger partial charge on any atom is -0.361 e. The molecule has 0 radical (unpaired) electrons. The molecule has 0 bridgehead atoms. The van der Waals surface area contributed by atoms with E-state index < -0.39 is 15.9 Å². The molecule has 1 atom stereocenters. The molecular formula is C15H17N3O3S. The van der Waals surface area contributed by atoms with Gasteiger partial charge in [0, 0.05) is 29.1 Å². The van der Waals surface area contributed by atoms with Crippen molar-refractivity contribution in [2.75, 3.05) is 12.3 Å². The number of fused-ring (bicyclic) bond motifs is 1. The van der Waals surface area contributed by atoms with E-state index in [0.29, 0.717) is 13.0 Å². The van der Waals surface area contributed by atoms with Crippen LogP contribution in [0, 0.1) is 0 Å². The Hall–Kier alpha value is -2.28. The minimum absolute atomic E-state index is 0.0666. The van der Waals surface area contributed by atoms with Crippen LogP contribution < -0.4 is 10.6 Å². The summed E-state index contributed by atoms with van der Waals surface area (Å²) < 4.78 is 22.5. The van der Waals surface area contributed by atoms with Gasteiger partial charge in [0.2, 0.25) is 0 Å². The zero-order chi connectivity index (χ0) is 15.6. The van der Waals surface area contributed by atoms with Crippen LogP contribution in [0.25, 0.3) is 10.9 Å². The molecule has 3 rings (SSSR count). The lowest BCUT2D eigenvalue weighted by molar-refractivity contribution is 0.240. The number of hydrogen-bond donors (Lipinski definition) is 3. The van der Waals surface area contributed by atoms with Gasteiger partial charge in [-0.3, -0.25) is 0 Å². The van der Waals surface area contributed by atoms with Gasteiger partial charge in [-0.15, -0.1) is 0 Å². The molecule has 0 unspecified atom stereocenters. The van der Waals surface area contributed by atoms with Gasteiger partial charge in [-0.25, -0.2) is 13.2 Å². The second-order valence-corrected chi connectivity index (χ2v) is 7.21. The van der Waals surface area contributed by atoms with E-state index in [-0.39, 0.29) is 11.8 Å². The van der Waals surface area contributed by atoms with Crippen molar-refractivity contribution in [3.8, 4) is 0 Å². The maximum atomic E-state index is 11.7. The van der Waals surface area contributed by atoms with Crippen molar-refractivity contribution >= 4 is 26.8 Å². The number of urea groups is 1. The van der Waals surface area contributed by atoms with E-state index in [0.717, 1.165) is 21.9 Å². The second kappa shape index (κ2) is 5.84. The summed E-state index contributed by atoms with van der Waals surface area (Å²) in [5, 5.41) is 7.67. The largest absolute Gasteiger partial charge is 0.361 e. The molecule has 1 aliphatic rings. The maximum Gasteiger partial charge on any atom is 0.315 e. The molecule has 1 aromatic carbocycles. The topological polar surface area (TPSA) is 91.1 Å². The predicted molar refractivity (Wildman–Crippen MR) is 85.3 cm³/mol. The average Bonchev–Trinajstić information content (AvgIpc) is 3.03. The lowest BCUT2D eigenvalue weighted by Gasteiger charge is -2.11. The molecule has 2 amide bonds. The highest BCUT2D eigenvalue weighted by atomic mass is 32.2. The number of H-pyrrole nitrogens is 1. The van der Waals surface area contributed by atoms with Gasteiger partial charge in [-0.1, -0.05) is 18.2 Å². The van der Waals surface area contributed by atoms with Crippen LogP contribution in [0.15, 0.2) is 41.9 Å². The summed E-state index contributed by atoms with van der Waals surface area (Å²) in [6.07, 6.45) is 4.14. The van der Waals surface area contributed by atoms with Gasteiger partial charge in [0.05, 0.1) is 11.8 Å². The number of hydrogen-bond acceptors (Lipinski definition) is 3. The van der Waals surface area contributed by atoms with Crippen molar-refractivity contribution in [2.45, 2.75) is 12.5 Å². The van der Waals surface area contributed by atoms with Crippen LogP contribution in [0.5, 0.6) is 0 Å².